The Morgan fingerprint density at radius 2 is 2.38 bits per heavy atom. The molecular weight excluding hydrogens is 220 g/mol. The predicted molar refractivity (Wildman–Crippen MR) is 49.0 cm³/mol. The summed E-state index contributed by atoms with van der Waals surface area (Å²) in [7, 11) is 0. The summed E-state index contributed by atoms with van der Waals surface area (Å²) in [6, 6.07) is 0. The second-order valence-electron chi connectivity index (χ2n) is 2.50. The van der Waals surface area contributed by atoms with Crippen LogP contribution in [0.2, 0.25) is 0 Å². The third-order valence-electron chi connectivity index (χ3n) is 1.42. The summed E-state index contributed by atoms with van der Waals surface area (Å²) in [6.45, 7) is 0.708. The molecule has 0 bridgehead atoms. The number of nitrogens with one attached hydrogen (secondary N) is 1. The molecule has 13 heavy (non-hydrogen) atoms. The lowest BCUT2D eigenvalue weighted by atomic mass is 10.4. The second kappa shape index (κ2) is 4.28. The number of ketones is 1. The Hall–Kier alpha value is -0.290. The topological polar surface area (TPSA) is 29.1 Å². The smallest absolute Gasteiger partial charge is 0.380 e. The van der Waals surface area contributed by atoms with Gasteiger partial charge in [-0.05, 0) is 18.0 Å². The summed E-state index contributed by atoms with van der Waals surface area (Å²) in [5.74, 6) is -0.536. The number of hydrogen-bond acceptors (Lipinski definition) is 3. The Morgan fingerprint density at radius 1 is 1.69 bits per heavy atom. The molecule has 1 N–H and O–H groups in total. The van der Waals surface area contributed by atoms with Gasteiger partial charge in [0.2, 0.25) is 5.78 Å². The average molecular weight is 228 g/mol. The third kappa shape index (κ3) is 3.52. The molecule has 0 saturated carbocycles. The molecule has 0 amide bonds. The first-order valence-electron chi connectivity index (χ1n) is 3.69. The normalized spacial score (nSPS) is 21.3. The SMILES string of the molecule is O=C(/C=C1/NCCCS1)C(F)(F)Cl. The molecule has 1 saturated heterocycles. The molecule has 0 atom stereocenters. The summed E-state index contributed by atoms with van der Waals surface area (Å²) >= 11 is 5.88. The zero-order chi connectivity index (χ0) is 9.90. The van der Waals surface area contributed by atoms with Crippen LogP contribution in [0.3, 0.4) is 0 Å². The van der Waals surface area contributed by atoms with Gasteiger partial charge in [-0.1, -0.05) is 0 Å². The molecule has 0 unspecified atom stereocenters. The highest BCUT2D eigenvalue weighted by Gasteiger charge is 2.34. The summed E-state index contributed by atoms with van der Waals surface area (Å²) in [4.78, 5) is 10.7. The molecule has 0 radical (unpaired) electrons. The molecule has 1 rings (SSSR count). The molecule has 1 aliphatic heterocycles. The van der Waals surface area contributed by atoms with E-state index < -0.39 is 11.2 Å². The fourth-order valence-electron chi connectivity index (χ4n) is 0.811. The molecule has 1 fully saturated rings. The van der Waals surface area contributed by atoms with E-state index in [0.717, 1.165) is 18.2 Å². The Balaban J connectivity index is 2.59. The number of halogens is 3. The van der Waals surface area contributed by atoms with Crippen molar-refractivity contribution in [2.45, 2.75) is 11.8 Å². The molecule has 2 nitrogen and oxygen atoms in total. The molecule has 1 heterocycles. The quantitative estimate of drug-likeness (QED) is 0.578. The van der Waals surface area contributed by atoms with Gasteiger partial charge in [0.05, 0.1) is 5.03 Å². The highest BCUT2D eigenvalue weighted by Crippen LogP contribution is 2.24. The van der Waals surface area contributed by atoms with E-state index in [9.17, 15) is 13.6 Å². The maximum atomic E-state index is 12.2. The van der Waals surface area contributed by atoms with Crippen molar-refractivity contribution in [3.63, 3.8) is 0 Å². The molecule has 6 heteroatoms. The van der Waals surface area contributed by atoms with Crippen molar-refractivity contribution in [2.24, 2.45) is 0 Å². The van der Waals surface area contributed by atoms with Crippen molar-refractivity contribution in [2.75, 3.05) is 12.3 Å². The van der Waals surface area contributed by atoms with Crippen molar-refractivity contribution < 1.29 is 13.6 Å². The van der Waals surface area contributed by atoms with Gasteiger partial charge in [-0.15, -0.1) is 11.8 Å². The molecule has 74 valence electrons. The maximum absolute atomic E-state index is 12.2. The van der Waals surface area contributed by atoms with Gasteiger partial charge in [0.15, 0.2) is 0 Å². The molecule has 1 aliphatic rings. The molecule has 0 spiro atoms. The molecule has 0 aliphatic carbocycles. The minimum atomic E-state index is -3.79. The molecule has 0 aromatic carbocycles. The number of allylic oxidation sites excluding steroid dienone is 1. The Kier molecular flexibility index (Phi) is 3.55. The van der Waals surface area contributed by atoms with Crippen LogP contribution < -0.4 is 5.32 Å². The van der Waals surface area contributed by atoms with E-state index in [4.69, 9.17) is 0 Å². The van der Waals surface area contributed by atoms with Gasteiger partial charge in [0.25, 0.3) is 0 Å². The number of carbonyl (C=O) groups excluding carboxylic acids is 1. The summed E-state index contributed by atoms with van der Waals surface area (Å²) in [5, 5.41) is -0.483. The van der Waals surface area contributed by atoms with Crippen LogP contribution in [0.25, 0.3) is 0 Å². The van der Waals surface area contributed by atoms with Crippen molar-refractivity contribution in [1.82, 2.24) is 5.32 Å². The van der Waals surface area contributed by atoms with Crippen LogP contribution in [0.4, 0.5) is 8.78 Å². The zero-order valence-corrected chi connectivity index (χ0v) is 8.22. The van der Waals surface area contributed by atoms with Crippen molar-refractivity contribution in [1.29, 1.82) is 0 Å². The van der Waals surface area contributed by atoms with E-state index in [1.165, 1.54) is 11.8 Å². The van der Waals surface area contributed by atoms with Crippen LogP contribution in [0.15, 0.2) is 11.1 Å². The zero-order valence-electron chi connectivity index (χ0n) is 6.65. The predicted octanol–water partition coefficient (Wildman–Crippen LogP) is 1.96. The summed E-state index contributed by atoms with van der Waals surface area (Å²) in [6.07, 6.45) is 1.82. The van der Waals surface area contributed by atoms with Gasteiger partial charge >= 0.3 is 5.38 Å². The molecular formula is C7H8ClF2NOS. The van der Waals surface area contributed by atoms with Crippen molar-refractivity contribution in [3.05, 3.63) is 11.1 Å². The van der Waals surface area contributed by atoms with E-state index in [0.29, 0.717) is 11.6 Å². The van der Waals surface area contributed by atoms with Crippen LogP contribution >= 0.6 is 23.4 Å². The van der Waals surface area contributed by atoms with E-state index in [2.05, 4.69) is 16.9 Å². The minimum Gasteiger partial charge on any atom is -0.380 e. The lowest BCUT2D eigenvalue weighted by Crippen LogP contribution is -2.24. The first-order valence-corrected chi connectivity index (χ1v) is 5.06. The lowest BCUT2D eigenvalue weighted by Gasteiger charge is -2.15. The van der Waals surface area contributed by atoms with E-state index in [1.807, 2.05) is 0 Å². The lowest BCUT2D eigenvalue weighted by molar-refractivity contribution is -0.128. The van der Waals surface area contributed by atoms with Gasteiger partial charge in [-0.2, -0.15) is 8.78 Å². The second-order valence-corrected chi connectivity index (χ2v) is 4.11. The van der Waals surface area contributed by atoms with Crippen LogP contribution in [0.5, 0.6) is 0 Å². The fraction of sp³-hybridized carbons (Fsp3) is 0.571. The van der Waals surface area contributed by atoms with Gasteiger partial charge in [-0.3, -0.25) is 4.79 Å². The van der Waals surface area contributed by atoms with Crippen molar-refractivity contribution >= 4 is 29.1 Å². The first-order chi connectivity index (χ1) is 6.00. The minimum absolute atomic E-state index is 0.469. The maximum Gasteiger partial charge on any atom is 0.384 e. The number of hydrogen-bond donors (Lipinski definition) is 1. The molecule has 0 aromatic heterocycles. The Labute approximate surface area is 83.7 Å². The van der Waals surface area contributed by atoms with Gasteiger partial charge in [0.1, 0.15) is 0 Å². The van der Waals surface area contributed by atoms with Crippen LogP contribution in [-0.4, -0.2) is 23.5 Å². The fourth-order valence-corrected chi connectivity index (χ4v) is 1.77. The average Bonchev–Trinajstić information content (AvgIpc) is 2.04. The Morgan fingerprint density at radius 3 is 2.85 bits per heavy atom. The van der Waals surface area contributed by atoms with Gasteiger partial charge in [0, 0.05) is 18.4 Å². The number of thioether (sulfide) groups is 1. The van der Waals surface area contributed by atoms with Gasteiger partial charge in [-0.25, -0.2) is 0 Å². The van der Waals surface area contributed by atoms with Crippen LogP contribution in [-0.2, 0) is 4.79 Å². The monoisotopic (exact) mass is 227 g/mol. The van der Waals surface area contributed by atoms with Crippen molar-refractivity contribution in [3.8, 4) is 0 Å². The third-order valence-corrected chi connectivity index (χ3v) is 2.67. The van der Waals surface area contributed by atoms with Gasteiger partial charge < -0.3 is 5.32 Å². The highest BCUT2D eigenvalue weighted by atomic mass is 35.5. The standard InChI is InChI=1S/C7H8ClF2NOS/c8-7(9,10)5(12)4-6-11-2-1-3-13-6/h4,11H,1-3H2/b6-4-. The molecule has 0 aromatic rings. The Bertz CT molecular complexity index is 231. The van der Waals surface area contributed by atoms with Crippen LogP contribution in [0.1, 0.15) is 6.42 Å². The number of carbonyl (C=O) groups is 1. The first kappa shape index (κ1) is 10.8. The summed E-state index contributed by atoms with van der Waals surface area (Å²) in [5.41, 5.74) is 0. The van der Waals surface area contributed by atoms with E-state index in [1.54, 1.807) is 0 Å². The highest BCUT2D eigenvalue weighted by molar-refractivity contribution is 8.03. The van der Waals surface area contributed by atoms with E-state index >= 15 is 0 Å². The number of rotatable bonds is 2. The van der Waals surface area contributed by atoms with E-state index in [-0.39, 0.29) is 0 Å². The number of alkyl halides is 3. The summed E-state index contributed by atoms with van der Waals surface area (Å²) < 4.78 is 24.4. The van der Waals surface area contributed by atoms with Crippen LogP contribution in [0, 0.1) is 0 Å². The largest absolute Gasteiger partial charge is 0.384 e.